The van der Waals surface area contributed by atoms with Crippen LogP contribution in [-0.2, 0) is 0 Å². The van der Waals surface area contributed by atoms with Crippen molar-refractivity contribution < 1.29 is 4.39 Å². The molecule has 2 N–H and O–H groups in total. The molecule has 0 bridgehead atoms. The van der Waals surface area contributed by atoms with Gasteiger partial charge in [-0.2, -0.15) is 0 Å². The van der Waals surface area contributed by atoms with Gasteiger partial charge in [-0.1, -0.05) is 25.2 Å². The van der Waals surface area contributed by atoms with E-state index in [4.69, 9.17) is 5.73 Å². The van der Waals surface area contributed by atoms with Crippen LogP contribution in [0.3, 0.4) is 0 Å². The van der Waals surface area contributed by atoms with Gasteiger partial charge < -0.3 is 5.73 Å². The van der Waals surface area contributed by atoms with E-state index in [0.717, 1.165) is 11.3 Å². The van der Waals surface area contributed by atoms with Crippen LogP contribution in [-0.4, -0.2) is 9.97 Å². The summed E-state index contributed by atoms with van der Waals surface area (Å²) in [6.45, 7) is 5.78. The fourth-order valence-electron chi connectivity index (χ4n) is 1.02. The van der Waals surface area contributed by atoms with Crippen molar-refractivity contribution in [3.63, 3.8) is 0 Å². The molecule has 0 aliphatic rings. The van der Waals surface area contributed by atoms with Crippen molar-refractivity contribution in [3.8, 4) is 0 Å². The van der Waals surface area contributed by atoms with E-state index in [0.29, 0.717) is 21.0 Å². The van der Waals surface area contributed by atoms with E-state index in [1.165, 1.54) is 6.20 Å². The second kappa shape index (κ2) is 4.32. The lowest BCUT2D eigenvalue weighted by molar-refractivity contribution is 0.635. The number of thiazole rings is 1. The third-order valence-corrected chi connectivity index (χ3v) is 2.47. The first-order chi connectivity index (χ1) is 6.68. The third-order valence-electron chi connectivity index (χ3n) is 1.57. The van der Waals surface area contributed by atoms with Gasteiger partial charge in [-0.3, -0.25) is 4.98 Å². The maximum Gasteiger partial charge on any atom is 0.181 e. The normalized spacial score (nSPS) is 9.71. The zero-order valence-electron chi connectivity index (χ0n) is 8.34. The average molecular weight is 213 g/mol. The van der Waals surface area contributed by atoms with E-state index in [9.17, 15) is 4.39 Å². The molecule has 0 atom stereocenters. The molecule has 0 fully saturated rings. The summed E-state index contributed by atoms with van der Waals surface area (Å²) in [6, 6.07) is 0. The van der Waals surface area contributed by atoms with Crippen LogP contribution >= 0.6 is 11.3 Å². The maximum atomic E-state index is 13.0. The molecule has 0 amide bonds. The Balaban J connectivity index is 0.000000461. The van der Waals surface area contributed by atoms with Crippen molar-refractivity contribution in [1.29, 1.82) is 0 Å². The number of anilines is 1. The van der Waals surface area contributed by atoms with Crippen LogP contribution in [0.4, 0.5) is 9.52 Å². The molecule has 2 rings (SSSR count). The topological polar surface area (TPSA) is 51.8 Å². The van der Waals surface area contributed by atoms with E-state index in [1.54, 1.807) is 6.92 Å². The fraction of sp³-hybridized carbons (Fsp3) is 0.333. The summed E-state index contributed by atoms with van der Waals surface area (Å²) in [7, 11) is 0. The molecule has 2 aromatic rings. The number of nitrogens with zero attached hydrogens (tertiary/aromatic N) is 2. The summed E-state index contributed by atoms with van der Waals surface area (Å²) in [5, 5.41) is 0.375. The van der Waals surface area contributed by atoms with Crippen LogP contribution in [0.25, 0.3) is 10.2 Å². The average Bonchev–Trinajstić information content (AvgIpc) is 2.58. The van der Waals surface area contributed by atoms with Crippen molar-refractivity contribution >= 4 is 26.7 Å². The van der Waals surface area contributed by atoms with Crippen molar-refractivity contribution in [3.05, 3.63) is 17.7 Å². The number of hydrogen-bond acceptors (Lipinski definition) is 4. The Labute approximate surface area is 85.8 Å². The first kappa shape index (κ1) is 10.8. The van der Waals surface area contributed by atoms with Crippen LogP contribution in [0, 0.1) is 12.7 Å². The predicted octanol–water partition coefficient (Wildman–Crippen LogP) is 2.75. The van der Waals surface area contributed by atoms with Gasteiger partial charge in [0.2, 0.25) is 0 Å². The lowest BCUT2D eigenvalue weighted by Crippen LogP contribution is -1.86. The Hall–Kier alpha value is -1.23. The Kier molecular flexibility index (Phi) is 3.35. The van der Waals surface area contributed by atoms with Gasteiger partial charge in [0, 0.05) is 0 Å². The summed E-state index contributed by atoms with van der Waals surface area (Å²) in [4.78, 5) is 7.80. The molecule has 0 radical (unpaired) electrons. The zero-order chi connectivity index (χ0) is 10.7. The zero-order valence-corrected chi connectivity index (χ0v) is 9.15. The van der Waals surface area contributed by atoms with Crippen LogP contribution in [0.5, 0.6) is 0 Å². The lowest BCUT2D eigenvalue weighted by atomic mass is 10.3. The van der Waals surface area contributed by atoms with Gasteiger partial charge in [-0.05, 0) is 6.92 Å². The Morgan fingerprint density at radius 2 is 2.07 bits per heavy atom. The molecule has 0 spiro atoms. The number of pyridine rings is 1. The van der Waals surface area contributed by atoms with Crippen molar-refractivity contribution in [2.75, 3.05) is 5.73 Å². The van der Waals surface area contributed by atoms with Crippen molar-refractivity contribution in [1.82, 2.24) is 9.97 Å². The highest BCUT2D eigenvalue weighted by Gasteiger charge is 2.08. The highest BCUT2D eigenvalue weighted by molar-refractivity contribution is 7.22. The van der Waals surface area contributed by atoms with Gasteiger partial charge >= 0.3 is 0 Å². The molecule has 14 heavy (non-hydrogen) atoms. The standard InChI is InChI=1S/C7H6FN3S.C2H6/c1-3-5-6(4(8)2-10-3)12-7(9)11-5;1-2/h2H,1H3,(H2,9,11);1-2H3. The second-order valence-corrected chi connectivity index (χ2v) is 3.45. The summed E-state index contributed by atoms with van der Waals surface area (Å²) in [5.41, 5.74) is 6.72. The van der Waals surface area contributed by atoms with Gasteiger partial charge in [0.15, 0.2) is 10.9 Å². The van der Waals surface area contributed by atoms with E-state index in [-0.39, 0.29) is 5.82 Å². The molecule has 0 aromatic carbocycles. The molecule has 2 aromatic heterocycles. The minimum Gasteiger partial charge on any atom is -0.375 e. The maximum absolute atomic E-state index is 13.0. The number of nitrogen functional groups attached to an aromatic ring is 1. The van der Waals surface area contributed by atoms with E-state index >= 15 is 0 Å². The number of aryl methyl sites for hydroxylation is 1. The lowest BCUT2D eigenvalue weighted by Gasteiger charge is -1.92. The Morgan fingerprint density at radius 3 is 2.64 bits per heavy atom. The van der Waals surface area contributed by atoms with E-state index in [1.807, 2.05) is 13.8 Å². The van der Waals surface area contributed by atoms with Crippen molar-refractivity contribution in [2.45, 2.75) is 20.8 Å². The number of hydrogen-bond donors (Lipinski definition) is 1. The van der Waals surface area contributed by atoms with Gasteiger partial charge in [0.1, 0.15) is 5.52 Å². The first-order valence-corrected chi connectivity index (χ1v) is 5.17. The third kappa shape index (κ3) is 1.82. The van der Waals surface area contributed by atoms with E-state index < -0.39 is 0 Å². The largest absolute Gasteiger partial charge is 0.375 e. The molecule has 0 saturated heterocycles. The van der Waals surface area contributed by atoms with Crippen LogP contribution in [0.2, 0.25) is 0 Å². The minimum atomic E-state index is -0.357. The first-order valence-electron chi connectivity index (χ1n) is 4.35. The molecule has 3 nitrogen and oxygen atoms in total. The number of nitrogens with two attached hydrogens (primary N) is 1. The molecule has 0 aliphatic carbocycles. The van der Waals surface area contributed by atoms with Gasteiger partial charge in [0.05, 0.1) is 16.6 Å². The van der Waals surface area contributed by atoms with Crippen LogP contribution in [0.1, 0.15) is 19.5 Å². The quantitative estimate of drug-likeness (QED) is 0.732. The highest BCUT2D eigenvalue weighted by Crippen LogP contribution is 2.26. The number of halogens is 1. The summed E-state index contributed by atoms with van der Waals surface area (Å²) in [5.74, 6) is -0.357. The van der Waals surface area contributed by atoms with Crippen LogP contribution in [0.15, 0.2) is 6.20 Å². The molecular formula is C9H12FN3S. The fourth-order valence-corrected chi connectivity index (χ4v) is 1.80. The summed E-state index contributed by atoms with van der Waals surface area (Å²) < 4.78 is 13.5. The minimum absolute atomic E-state index is 0.357. The molecule has 2 heterocycles. The smallest absolute Gasteiger partial charge is 0.181 e. The molecule has 5 heteroatoms. The number of rotatable bonds is 0. The Bertz CT molecular complexity index is 400. The summed E-state index contributed by atoms with van der Waals surface area (Å²) >= 11 is 1.14. The molecule has 0 aliphatic heterocycles. The Morgan fingerprint density at radius 1 is 1.43 bits per heavy atom. The molecule has 76 valence electrons. The van der Waals surface area contributed by atoms with Crippen LogP contribution < -0.4 is 5.73 Å². The van der Waals surface area contributed by atoms with Gasteiger partial charge in [0.25, 0.3) is 0 Å². The van der Waals surface area contributed by atoms with Gasteiger partial charge in [-0.15, -0.1) is 0 Å². The number of aromatic nitrogens is 2. The second-order valence-electron chi connectivity index (χ2n) is 2.42. The molecule has 0 unspecified atom stereocenters. The number of fused-ring (bicyclic) bond motifs is 1. The SMILES string of the molecule is CC.Cc1ncc(F)c2sc(N)nc12. The van der Waals surface area contributed by atoms with Gasteiger partial charge in [-0.25, -0.2) is 9.37 Å². The predicted molar refractivity (Wildman–Crippen MR) is 57.9 cm³/mol. The highest BCUT2D eigenvalue weighted by atomic mass is 32.1. The molecular weight excluding hydrogens is 201 g/mol. The summed E-state index contributed by atoms with van der Waals surface area (Å²) in [6.07, 6.45) is 1.19. The van der Waals surface area contributed by atoms with E-state index in [2.05, 4.69) is 9.97 Å². The molecule has 0 saturated carbocycles. The monoisotopic (exact) mass is 213 g/mol. The van der Waals surface area contributed by atoms with Crippen molar-refractivity contribution in [2.24, 2.45) is 0 Å².